The molecule has 1 fully saturated rings. The van der Waals surface area contributed by atoms with Gasteiger partial charge in [0.2, 0.25) is 0 Å². The summed E-state index contributed by atoms with van der Waals surface area (Å²) in [4.78, 5) is 8.82. The van der Waals surface area contributed by atoms with Crippen molar-refractivity contribution >= 4 is 47.2 Å². The highest BCUT2D eigenvalue weighted by Crippen LogP contribution is 2.33. The minimum absolute atomic E-state index is 0. The summed E-state index contributed by atoms with van der Waals surface area (Å²) in [6, 6.07) is 6.10. The Kier molecular flexibility index (Phi) is 10.4. The molecular formula is C18H31ClIN5O. The standard InChI is InChI=1S/C18H30ClN5O.HI/c1-20-18(21-9-5-10-23(2)3)22-15-8-11-24(13-15)16-12-14(19)6-7-17(16)25-4;/h6-7,12,15H,5,8-11,13H2,1-4H3,(H2,20,21,22);1H. The zero-order chi connectivity index (χ0) is 18.2. The first kappa shape index (κ1) is 23.1. The maximum Gasteiger partial charge on any atom is 0.191 e. The van der Waals surface area contributed by atoms with Crippen LogP contribution in [0, 0.1) is 0 Å². The topological polar surface area (TPSA) is 52.1 Å². The van der Waals surface area contributed by atoms with Gasteiger partial charge in [0.25, 0.3) is 0 Å². The molecule has 1 aromatic carbocycles. The molecule has 2 rings (SSSR count). The average Bonchev–Trinajstić information content (AvgIpc) is 3.05. The fraction of sp³-hybridized carbons (Fsp3) is 0.611. The Morgan fingerprint density at radius 3 is 2.85 bits per heavy atom. The molecule has 8 heteroatoms. The first-order chi connectivity index (χ1) is 12.0. The van der Waals surface area contributed by atoms with Crippen molar-refractivity contribution in [2.45, 2.75) is 18.9 Å². The number of rotatable bonds is 7. The Hall–Kier alpha value is -0.930. The lowest BCUT2D eigenvalue weighted by atomic mass is 10.2. The van der Waals surface area contributed by atoms with Gasteiger partial charge in [-0.15, -0.1) is 24.0 Å². The van der Waals surface area contributed by atoms with Gasteiger partial charge in [0, 0.05) is 37.7 Å². The summed E-state index contributed by atoms with van der Waals surface area (Å²) in [5.41, 5.74) is 1.05. The van der Waals surface area contributed by atoms with Crippen LogP contribution in [0.25, 0.3) is 0 Å². The quantitative estimate of drug-likeness (QED) is 0.264. The molecule has 6 nitrogen and oxygen atoms in total. The maximum atomic E-state index is 6.16. The Balaban J connectivity index is 0.00000338. The SMILES string of the molecule is CN=C(NCCCN(C)C)NC1CCN(c2cc(Cl)ccc2OC)C1.I. The number of guanidine groups is 1. The zero-order valence-electron chi connectivity index (χ0n) is 16.1. The van der Waals surface area contributed by atoms with Crippen LogP contribution in [0.3, 0.4) is 0 Å². The van der Waals surface area contributed by atoms with Crippen molar-refractivity contribution in [3.05, 3.63) is 23.2 Å². The smallest absolute Gasteiger partial charge is 0.191 e. The molecule has 1 unspecified atom stereocenters. The van der Waals surface area contributed by atoms with E-state index in [1.54, 1.807) is 7.11 Å². The van der Waals surface area contributed by atoms with Crippen LogP contribution in [0.1, 0.15) is 12.8 Å². The van der Waals surface area contributed by atoms with Gasteiger partial charge in [-0.1, -0.05) is 11.6 Å². The second-order valence-corrected chi connectivity index (χ2v) is 6.98. The number of ether oxygens (including phenoxy) is 1. The summed E-state index contributed by atoms with van der Waals surface area (Å²) in [5, 5.41) is 7.63. The van der Waals surface area contributed by atoms with Crippen LogP contribution in [0.2, 0.25) is 5.02 Å². The predicted octanol–water partition coefficient (Wildman–Crippen LogP) is 2.66. The first-order valence-corrected chi connectivity index (χ1v) is 9.11. The van der Waals surface area contributed by atoms with Crippen molar-refractivity contribution < 1.29 is 4.74 Å². The number of hydrogen-bond acceptors (Lipinski definition) is 4. The molecule has 2 N–H and O–H groups in total. The predicted molar refractivity (Wildman–Crippen MR) is 122 cm³/mol. The number of nitrogens with zero attached hydrogens (tertiary/aromatic N) is 3. The summed E-state index contributed by atoms with van der Waals surface area (Å²) < 4.78 is 5.47. The van der Waals surface area contributed by atoms with Crippen LogP contribution in [-0.4, -0.2) is 71.3 Å². The van der Waals surface area contributed by atoms with E-state index in [0.29, 0.717) is 6.04 Å². The Bertz CT molecular complexity index is 585. The third kappa shape index (κ3) is 7.00. The van der Waals surface area contributed by atoms with Crippen LogP contribution >= 0.6 is 35.6 Å². The lowest BCUT2D eigenvalue weighted by Gasteiger charge is -2.22. The fourth-order valence-corrected chi connectivity index (χ4v) is 3.16. The van der Waals surface area contributed by atoms with Crippen LogP contribution in [-0.2, 0) is 0 Å². The van der Waals surface area contributed by atoms with E-state index in [9.17, 15) is 0 Å². The lowest BCUT2D eigenvalue weighted by Crippen LogP contribution is -2.45. The van der Waals surface area contributed by atoms with Gasteiger partial charge in [-0.25, -0.2) is 0 Å². The van der Waals surface area contributed by atoms with Crippen LogP contribution in [0.4, 0.5) is 5.69 Å². The first-order valence-electron chi connectivity index (χ1n) is 8.74. The normalized spacial score (nSPS) is 17.2. The molecule has 148 valence electrons. The number of nitrogens with one attached hydrogen (secondary N) is 2. The monoisotopic (exact) mass is 495 g/mol. The summed E-state index contributed by atoms with van der Waals surface area (Å²) in [6.07, 6.45) is 2.14. The molecule has 1 aliphatic rings. The molecule has 1 atom stereocenters. The van der Waals surface area contributed by atoms with Gasteiger partial charge in [0.05, 0.1) is 12.8 Å². The molecule has 1 aromatic rings. The van der Waals surface area contributed by atoms with Gasteiger partial charge in [0.15, 0.2) is 5.96 Å². The minimum Gasteiger partial charge on any atom is -0.495 e. The van der Waals surface area contributed by atoms with E-state index in [0.717, 1.165) is 61.4 Å². The van der Waals surface area contributed by atoms with Crippen LogP contribution in [0.15, 0.2) is 23.2 Å². The van der Waals surface area contributed by atoms with Gasteiger partial charge >= 0.3 is 0 Å². The number of hydrogen-bond donors (Lipinski definition) is 2. The van der Waals surface area contributed by atoms with E-state index in [-0.39, 0.29) is 24.0 Å². The number of halogens is 2. The maximum absolute atomic E-state index is 6.16. The molecule has 0 amide bonds. The number of benzene rings is 1. The average molecular weight is 496 g/mol. The second kappa shape index (κ2) is 11.7. The third-order valence-corrected chi connectivity index (χ3v) is 4.54. The van der Waals surface area contributed by atoms with E-state index < -0.39 is 0 Å². The van der Waals surface area contributed by atoms with Gasteiger partial charge in [0.1, 0.15) is 5.75 Å². The molecule has 1 aliphatic heterocycles. The number of aliphatic imine (C=N–C) groups is 1. The molecule has 26 heavy (non-hydrogen) atoms. The van der Waals surface area contributed by atoms with Gasteiger partial charge < -0.3 is 25.2 Å². The molecule has 0 aromatic heterocycles. The van der Waals surface area contributed by atoms with E-state index in [1.807, 2.05) is 25.2 Å². The van der Waals surface area contributed by atoms with Crippen molar-refractivity contribution in [1.29, 1.82) is 0 Å². The molecular weight excluding hydrogens is 465 g/mol. The van der Waals surface area contributed by atoms with Crippen molar-refractivity contribution in [1.82, 2.24) is 15.5 Å². The minimum atomic E-state index is 0. The summed E-state index contributed by atoms with van der Waals surface area (Å²) in [5.74, 6) is 1.72. The van der Waals surface area contributed by atoms with Crippen LogP contribution in [0.5, 0.6) is 5.75 Å². The van der Waals surface area contributed by atoms with Gasteiger partial charge in [-0.2, -0.15) is 0 Å². The molecule has 0 spiro atoms. The van der Waals surface area contributed by atoms with Crippen molar-refractivity contribution in [3.8, 4) is 5.75 Å². The largest absolute Gasteiger partial charge is 0.495 e. The molecule has 0 bridgehead atoms. The molecule has 1 saturated heterocycles. The van der Waals surface area contributed by atoms with E-state index >= 15 is 0 Å². The lowest BCUT2D eigenvalue weighted by molar-refractivity contribution is 0.399. The van der Waals surface area contributed by atoms with E-state index in [1.165, 1.54) is 0 Å². The molecule has 0 aliphatic carbocycles. The van der Waals surface area contributed by atoms with Crippen molar-refractivity contribution in [2.75, 3.05) is 59.3 Å². The van der Waals surface area contributed by atoms with Crippen molar-refractivity contribution in [3.63, 3.8) is 0 Å². The molecule has 1 heterocycles. The number of anilines is 1. The van der Waals surface area contributed by atoms with Gasteiger partial charge in [-0.3, -0.25) is 4.99 Å². The number of methoxy groups -OCH3 is 1. The zero-order valence-corrected chi connectivity index (χ0v) is 19.2. The summed E-state index contributed by atoms with van der Waals surface area (Å²) >= 11 is 6.16. The summed E-state index contributed by atoms with van der Waals surface area (Å²) in [7, 11) is 7.68. The van der Waals surface area contributed by atoms with Crippen LogP contribution < -0.4 is 20.3 Å². The Morgan fingerprint density at radius 2 is 2.19 bits per heavy atom. The third-order valence-electron chi connectivity index (χ3n) is 4.31. The Morgan fingerprint density at radius 1 is 1.42 bits per heavy atom. The fourth-order valence-electron chi connectivity index (χ4n) is 3.00. The highest BCUT2D eigenvalue weighted by Gasteiger charge is 2.25. The highest BCUT2D eigenvalue weighted by molar-refractivity contribution is 14.0. The Labute approximate surface area is 179 Å². The van der Waals surface area contributed by atoms with E-state index in [4.69, 9.17) is 16.3 Å². The van der Waals surface area contributed by atoms with E-state index in [2.05, 4.69) is 39.5 Å². The summed E-state index contributed by atoms with van der Waals surface area (Å²) in [6.45, 7) is 3.84. The molecule has 0 saturated carbocycles. The second-order valence-electron chi connectivity index (χ2n) is 6.55. The van der Waals surface area contributed by atoms with Gasteiger partial charge in [-0.05, 0) is 51.7 Å². The van der Waals surface area contributed by atoms with Crippen molar-refractivity contribution in [2.24, 2.45) is 4.99 Å². The highest BCUT2D eigenvalue weighted by atomic mass is 127. The molecule has 0 radical (unpaired) electrons.